The first-order valence-electron chi connectivity index (χ1n) is 18.1. The Morgan fingerprint density at radius 3 is 1.40 bits per heavy atom. The molecule has 0 saturated heterocycles. The summed E-state index contributed by atoms with van der Waals surface area (Å²) in [5, 5.41) is 0. The topological polar surface area (TPSA) is 78.9 Å². The number of carbonyl (C=O) groups excluding carboxylic acids is 3. The van der Waals surface area contributed by atoms with Crippen LogP contribution in [0, 0.1) is 20.8 Å². The Kier molecular flexibility index (Phi) is 15.2. The minimum absolute atomic E-state index is 0.140. The Morgan fingerprint density at radius 1 is 0.458 bits per heavy atom. The minimum atomic E-state index is -0.174. The molecule has 6 heteroatoms. The molecule has 3 aromatic rings. The van der Waals surface area contributed by atoms with E-state index in [4.69, 9.17) is 14.2 Å². The van der Waals surface area contributed by atoms with Crippen LogP contribution in [0.5, 0.6) is 0 Å². The van der Waals surface area contributed by atoms with E-state index in [1.807, 2.05) is 93.6 Å². The summed E-state index contributed by atoms with van der Waals surface area (Å²) in [5.41, 5.74) is 5.28. The molecular weight excluding hydrogens is 600 g/mol. The molecule has 48 heavy (non-hydrogen) atoms. The van der Waals surface area contributed by atoms with Crippen LogP contribution in [0.1, 0.15) is 144 Å². The van der Waals surface area contributed by atoms with E-state index in [0.29, 0.717) is 16.7 Å². The third-order valence-electron chi connectivity index (χ3n) is 9.38. The fourth-order valence-corrected chi connectivity index (χ4v) is 6.47. The highest BCUT2D eigenvalue weighted by Gasteiger charge is 2.21. The van der Waals surface area contributed by atoms with E-state index in [1.54, 1.807) is 0 Å². The van der Waals surface area contributed by atoms with E-state index in [1.165, 1.54) is 57.8 Å². The average Bonchev–Trinajstić information content (AvgIpc) is 3.10. The quantitative estimate of drug-likeness (QED) is 0.194. The number of carbonyl (C=O) groups is 3. The summed E-state index contributed by atoms with van der Waals surface area (Å²) < 4.78 is 16.5. The third kappa shape index (κ3) is 12.6. The number of esters is 3. The van der Waals surface area contributed by atoms with Crippen molar-refractivity contribution in [2.75, 3.05) is 0 Å². The fraction of sp³-hybridized carbons (Fsp3) is 0.500. The molecule has 0 amide bonds. The molecule has 0 unspecified atom stereocenters. The molecule has 0 aliphatic heterocycles. The lowest BCUT2D eigenvalue weighted by molar-refractivity contribution is 0.0201. The van der Waals surface area contributed by atoms with Gasteiger partial charge in [0.25, 0.3) is 0 Å². The van der Waals surface area contributed by atoms with Gasteiger partial charge in [0.2, 0.25) is 0 Å². The summed E-state index contributed by atoms with van der Waals surface area (Å²) in [6.07, 6.45) is 17.5. The Bertz CT molecular complexity index is 1430. The normalized spacial score (nSPS) is 17.1. The third-order valence-corrected chi connectivity index (χ3v) is 9.38. The van der Waals surface area contributed by atoms with Crippen LogP contribution in [-0.2, 0) is 14.2 Å². The Morgan fingerprint density at radius 2 is 0.917 bits per heavy atom. The van der Waals surface area contributed by atoms with E-state index in [-0.39, 0.29) is 36.2 Å². The van der Waals surface area contributed by atoms with E-state index >= 15 is 0 Å². The van der Waals surface area contributed by atoms with Crippen molar-refractivity contribution < 1.29 is 28.6 Å². The van der Waals surface area contributed by atoms with Gasteiger partial charge in [-0.1, -0.05) is 72.9 Å². The summed E-state index contributed by atoms with van der Waals surface area (Å²) in [5.74, 6) is -0.507. The maximum atomic E-state index is 11.9. The zero-order valence-corrected chi connectivity index (χ0v) is 29.2. The van der Waals surface area contributed by atoms with Crippen LogP contribution < -0.4 is 0 Å². The number of ether oxygens (including phenoxy) is 3. The molecule has 0 heterocycles. The lowest BCUT2D eigenvalue weighted by Gasteiger charge is -2.22. The molecule has 3 saturated carbocycles. The molecule has 0 bridgehead atoms. The molecule has 258 valence electrons. The van der Waals surface area contributed by atoms with Gasteiger partial charge < -0.3 is 14.2 Å². The highest BCUT2D eigenvalue weighted by atomic mass is 16.6. The molecule has 3 aromatic carbocycles. The monoisotopic (exact) mass is 654 g/mol. The van der Waals surface area contributed by atoms with Crippen molar-refractivity contribution in [3.05, 3.63) is 106 Å². The van der Waals surface area contributed by atoms with Crippen molar-refractivity contribution in [1.82, 2.24) is 0 Å². The van der Waals surface area contributed by atoms with Crippen LogP contribution in [0.15, 0.2) is 72.8 Å². The van der Waals surface area contributed by atoms with Gasteiger partial charge in [-0.25, -0.2) is 14.4 Å². The zero-order chi connectivity index (χ0) is 34.1. The predicted octanol–water partition coefficient (Wildman–Crippen LogP) is 10.5. The van der Waals surface area contributed by atoms with Gasteiger partial charge in [0.05, 0.1) is 16.7 Å². The molecular formula is C42H54O6. The highest BCUT2D eigenvalue weighted by molar-refractivity contribution is 5.91. The van der Waals surface area contributed by atoms with Crippen LogP contribution in [-0.4, -0.2) is 36.2 Å². The lowest BCUT2D eigenvalue weighted by Crippen LogP contribution is -2.21. The summed E-state index contributed by atoms with van der Waals surface area (Å²) in [6.45, 7) is 5.94. The van der Waals surface area contributed by atoms with Gasteiger partial charge in [-0.15, -0.1) is 0 Å². The van der Waals surface area contributed by atoms with E-state index in [0.717, 1.165) is 55.2 Å². The van der Waals surface area contributed by atoms with Gasteiger partial charge in [-0.05, 0) is 134 Å². The predicted molar refractivity (Wildman–Crippen MR) is 190 cm³/mol. The molecule has 6 nitrogen and oxygen atoms in total. The highest BCUT2D eigenvalue weighted by Crippen LogP contribution is 2.24. The van der Waals surface area contributed by atoms with Crippen LogP contribution in [0.25, 0.3) is 0 Å². The summed E-state index contributed by atoms with van der Waals surface area (Å²) in [6, 6.07) is 22.7. The fourth-order valence-electron chi connectivity index (χ4n) is 6.47. The molecule has 3 aliphatic carbocycles. The van der Waals surface area contributed by atoms with Gasteiger partial charge in [-0.3, -0.25) is 0 Å². The van der Waals surface area contributed by atoms with E-state index < -0.39 is 0 Å². The number of benzene rings is 3. The van der Waals surface area contributed by atoms with Crippen LogP contribution in [0.4, 0.5) is 0 Å². The second kappa shape index (κ2) is 19.8. The van der Waals surface area contributed by atoms with Crippen molar-refractivity contribution in [2.45, 2.75) is 135 Å². The summed E-state index contributed by atoms with van der Waals surface area (Å²) in [4.78, 5) is 35.6. The van der Waals surface area contributed by atoms with Crippen molar-refractivity contribution in [1.29, 1.82) is 0 Å². The molecule has 6 rings (SSSR count). The number of hydrogen-bond donors (Lipinski definition) is 0. The van der Waals surface area contributed by atoms with Crippen LogP contribution >= 0.6 is 0 Å². The van der Waals surface area contributed by atoms with Crippen molar-refractivity contribution in [3.8, 4) is 0 Å². The molecule has 0 radical (unpaired) electrons. The number of rotatable bonds is 6. The van der Waals surface area contributed by atoms with Gasteiger partial charge in [0, 0.05) is 0 Å². The number of hydrogen-bond acceptors (Lipinski definition) is 6. The SMILES string of the molecule is Cc1ccc(C(=O)OC2CCCCC2)cc1.Cc1cccc(C(=O)OC2CCCCC2)c1.Cc1ccccc1C(=O)OC1CCCCC1. The Labute approximate surface area is 287 Å². The first-order valence-corrected chi connectivity index (χ1v) is 18.1. The summed E-state index contributed by atoms with van der Waals surface area (Å²) in [7, 11) is 0. The molecule has 0 aromatic heterocycles. The molecule has 3 fully saturated rings. The van der Waals surface area contributed by atoms with Crippen molar-refractivity contribution in [3.63, 3.8) is 0 Å². The second-order valence-electron chi connectivity index (χ2n) is 13.5. The second-order valence-corrected chi connectivity index (χ2v) is 13.5. The standard InChI is InChI=1S/3C14H18O2/c1-11-6-5-7-12(10-11)14(15)16-13-8-3-2-4-9-13;1-11-7-5-6-10-13(11)14(15)16-12-8-3-2-4-9-12;1-11-7-9-12(10-8-11)14(15)16-13-5-3-2-4-6-13/h5-7,10,13H,2-4,8-9H2,1H3;5-7,10,12H,2-4,8-9H2,1H3;7-10,13H,2-6H2,1H3. The molecule has 0 N–H and O–H groups in total. The first kappa shape index (κ1) is 36.9. The van der Waals surface area contributed by atoms with Gasteiger partial charge in [0.1, 0.15) is 18.3 Å². The van der Waals surface area contributed by atoms with E-state index in [2.05, 4.69) is 0 Å². The Hall–Kier alpha value is -3.93. The van der Waals surface area contributed by atoms with Crippen molar-refractivity contribution in [2.24, 2.45) is 0 Å². The minimum Gasteiger partial charge on any atom is -0.459 e. The van der Waals surface area contributed by atoms with E-state index in [9.17, 15) is 14.4 Å². The molecule has 3 aliphatic rings. The molecule has 0 spiro atoms. The van der Waals surface area contributed by atoms with Crippen molar-refractivity contribution >= 4 is 17.9 Å². The van der Waals surface area contributed by atoms with Crippen LogP contribution in [0.2, 0.25) is 0 Å². The van der Waals surface area contributed by atoms with Gasteiger partial charge in [-0.2, -0.15) is 0 Å². The van der Waals surface area contributed by atoms with Crippen LogP contribution in [0.3, 0.4) is 0 Å². The van der Waals surface area contributed by atoms with Gasteiger partial charge in [0.15, 0.2) is 0 Å². The number of aryl methyl sites for hydroxylation is 3. The zero-order valence-electron chi connectivity index (χ0n) is 29.2. The largest absolute Gasteiger partial charge is 0.459 e. The first-order chi connectivity index (χ1) is 23.3. The van der Waals surface area contributed by atoms with Gasteiger partial charge >= 0.3 is 17.9 Å². The molecule has 0 atom stereocenters. The lowest BCUT2D eigenvalue weighted by atomic mass is 9.97. The maximum Gasteiger partial charge on any atom is 0.338 e. The smallest absolute Gasteiger partial charge is 0.338 e. The maximum absolute atomic E-state index is 11.9. The summed E-state index contributed by atoms with van der Waals surface area (Å²) >= 11 is 0. The average molecular weight is 655 g/mol. The Balaban J connectivity index is 0.000000163.